The Morgan fingerprint density at radius 2 is 1.96 bits per heavy atom. The second kappa shape index (κ2) is 5.49. The molecule has 0 bridgehead atoms. The van der Waals surface area contributed by atoms with Gasteiger partial charge in [-0.2, -0.15) is 0 Å². The molecule has 1 aliphatic heterocycles. The van der Waals surface area contributed by atoms with Crippen molar-refractivity contribution < 1.29 is 9.21 Å². The predicted octanol–water partition coefficient (Wildman–Crippen LogP) is 3.89. The third kappa shape index (κ3) is 2.47. The van der Waals surface area contributed by atoms with Crippen LogP contribution in [0, 0.1) is 6.92 Å². The van der Waals surface area contributed by atoms with Crippen LogP contribution in [0.15, 0.2) is 41.2 Å². The van der Waals surface area contributed by atoms with Crippen molar-refractivity contribution in [1.82, 2.24) is 15.0 Å². The summed E-state index contributed by atoms with van der Waals surface area (Å²) in [5, 5.41) is 0. The summed E-state index contributed by atoms with van der Waals surface area (Å²) in [4.78, 5) is 28.0. The molecule has 6 nitrogen and oxygen atoms in total. The normalized spacial score (nSPS) is 18.0. The molecule has 1 saturated carbocycles. The van der Waals surface area contributed by atoms with Crippen molar-refractivity contribution in [3.63, 3.8) is 0 Å². The monoisotopic (exact) mass is 360 g/mol. The van der Waals surface area contributed by atoms with Crippen molar-refractivity contribution in [2.45, 2.75) is 45.1 Å². The van der Waals surface area contributed by atoms with E-state index in [2.05, 4.69) is 15.0 Å². The van der Waals surface area contributed by atoms with Crippen molar-refractivity contribution in [2.75, 3.05) is 4.90 Å². The van der Waals surface area contributed by atoms with Crippen molar-refractivity contribution in [3.8, 4) is 22.9 Å². The Morgan fingerprint density at radius 1 is 1.15 bits per heavy atom. The number of anilines is 1. The lowest BCUT2D eigenvalue weighted by Gasteiger charge is -2.19. The summed E-state index contributed by atoms with van der Waals surface area (Å²) in [6, 6.07) is 6.08. The maximum atomic E-state index is 12.9. The number of carbonyl (C=O) groups excluding carboxylic acids is 1. The maximum absolute atomic E-state index is 12.9. The number of hydrogen-bond acceptors (Lipinski definition) is 5. The third-order valence-electron chi connectivity index (χ3n) is 5.38. The molecule has 0 saturated heterocycles. The summed E-state index contributed by atoms with van der Waals surface area (Å²) in [5.74, 6) is 1.29. The van der Waals surface area contributed by atoms with Gasteiger partial charge in [0.25, 0.3) is 0 Å². The number of amides is 1. The van der Waals surface area contributed by atoms with Gasteiger partial charge in [0.05, 0.1) is 17.3 Å². The highest BCUT2D eigenvalue weighted by Gasteiger charge is 2.49. The first-order valence-electron chi connectivity index (χ1n) is 9.18. The first-order chi connectivity index (χ1) is 12.9. The van der Waals surface area contributed by atoms with Crippen molar-refractivity contribution in [1.29, 1.82) is 0 Å². The van der Waals surface area contributed by atoms with Crippen molar-refractivity contribution >= 4 is 11.6 Å². The van der Waals surface area contributed by atoms with E-state index in [0.717, 1.165) is 35.3 Å². The molecule has 136 valence electrons. The molecule has 6 heteroatoms. The number of hydrogen-bond donors (Lipinski definition) is 0. The van der Waals surface area contributed by atoms with Crippen LogP contribution in [0.5, 0.6) is 0 Å². The number of oxazole rings is 1. The van der Waals surface area contributed by atoms with Crippen LogP contribution in [0.25, 0.3) is 22.9 Å². The predicted molar refractivity (Wildman–Crippen MR) is 101 cm³/mol. The first-order valence-corrected chi connectivity index (χ1v) is 9.18. The van der Waals surface area contributed by atoms with E-state index in [4.69, 9.17) is 4.42 Å². The van der Waals surface area contributed by atoms with Gasteiger partial charge in [0.2, 0.25) is 11.8 Å². The zero-order valence-electron chi connectivity index (χ0n) is 15.6. The number of fused-ring (bicyclic) bond motifs is 1. The van der Waals surface area contributed by atoms with Crippen LogP contribution in [0.2, 0.25) is 0 Å². The van der Waals surface area contributed by atoms with E-state index in [-0.39, 0.29) is 5.91 Å². The highest BCUT2D eigenvalue weighted by Crippen LogP contribution is 2.47. The van der Waals surface area contributed by atoms with Crippen LogP contribution in [0.1, 0.15) is 37.9 Å². The molecule has 0 N–H and O–H groups in total. The summed E-state index contributed by atoms with van der Waals surface area (Å²) in [5.41, 5.74) is 3.87. The van der Waals surface area contributed by atoms with E-state index >= 15 is 0 Å². The Bertz CT molecular complexity index is 1070. The number of aryl methyl sites for hydroxylation is 1. The molecule has 5 rings (SSSR count). The molecule has 1 aliphatic carbocycles. The van der Waals surface area contributed by atoms with Gasteiger partial charge in [-0.1, -0.05) is 0 Å². The fourth-order valence-corrected chi connectivity index (χ4v) is 3.69. The number of carbonyl (C=O) groups is 1. The molecule has 3 aromatic rings. The van der Waals surface area contributed by atoms with Gasteiger partial charge in [0.1, 0.15) is 5.69 Å². The average molecular weight is 360 g/mol. The second-order valence-corrected chi connectivity index (χ2v) is 7.83. The van der Waals surface area contributed by atoms with E-state index < -0.39 is 5.41 Å². The van der Waals surface area contributed by atoms with E-state index in [1.165, 1.54) is 0 Å². The van der Waals surface area contributed by atoms with Crippen LogP contribution < -0.4 is 4.90 Å². The van der Waals surface area contributed by atoms with Crippen LogP contribution in [0.3, 0.4) is 0 Å². The summed E-state index contributed by atoms with van der Waals surface area (Å²) < 4.78 is 5.96. The number of pyridine rings is 2. The van der Waals surface area contributed by atoms with E-state index in [0.29, 0.717) is 23.4 Å². The SMILES string of the molecule is Cc1cc(-c2ncc(-c3cc4c(cn3)C(C)(C)C(=O)N4C3CC3)o2)ccn1. The Morgan fingerprint density at radius 3 is 2.70 bits per heavy atom. The Kier molecular flexibility index (Phi) is 3.29. The zero-order chi connectivity index (χ0) is 18.8. The van der Waals surface area contributed by atoms with Gasteiger partial charge in [-0.3, -0.25) is 14.8 Å². The molecule has 0 unspecified atom stereocenters. The zero-order valence-corrected chi connectivity index (χ0v) is 15.6. The van der Waals surface area contributed by atoms with Gasteiger partial charge >= 0.3 is 0 Å². The summed E-state index contributed by atoms with van der Waals surface area (Å²) >= 11 is 0. The van der Waals surface area contributed by atoms with Gasteiger partial charge in [0, 0.05) is 35.3 Å². The lowest BCUT2D eigenvalue weighted by Crippen LogP contribution is -2.37. The van der Waals surface area contributed by atoms with E-state index in [1.807, 2.05) is 50.1 Å². The van der Waals surface area contributed by atoms with Crippen molar-refractivity contribution in [2.24, 2.45) is 0 Å². The summed E-state index contributed by atoms with van der Waals surface area (Å²) in [7, 11) is 0. The standard InChI is InChI=1S/C21H20N4O2/c1-12-8-13(6-7-22-12)19-24-11-18(27-19)16-9-17-15(10-23-16)21(2,3)20(26)25(17)14-4-5-14/h6-11,14H,4-5H2,1-3H3. The molecular formula is C21H20N4O2. The molecule has 1 amide bonds. The molecule has 27 heavy (non-hydrogen) atoms. The Balaban J connectivity index is 1.56. The van der Waals surface area contributed by atoms with Gasteiger partial charge in [-0.25, -0.2) is 4.98 Å². The van der Waals surface area contributed by atoms with Crippen molar-refractivity contribution in [3.05, 3.63) is 48.0 Å². The fraction of sp³-hybridized carbons (Fsp3) is 0.333. The Hall–Kier alpha value is -3.02. The summed E-state index contributed by atoms with van der Waals surface area (Å²) in [6.45, 7) is 5.87. The van der Waals surface area contributed by atoms with Crippen LogP contribution in [0.4, 0.5) is 5.69 Å². The number of nitrogens with zero attached hydrogens (tertiary/aromatic N) is 4. The molecule has 4 heterocycles. The molecule has 3 aromatic heterocycles. The molecule has 0 radical (unpaired) electrons. The highest BCUT2D eigenvalue weighted by molar-refractivity contribution is 6.08. The first kappa shape index (κ1) is 16.2. The molecule has 0 spiro atoms. The van der Waals surface area contributed by atoms with Gasteiger partial charge in [0.15, 0.2) is 5.76 Å². The quantitative estimate of drug-likeness (QED) is 0.708. The molecule has 0 atom stereocenters. The largest absolute Gasteiger partial charge is 0.434 e. The minimum Gasteiger partial charge on any atom is -0.434 e. The number of aromatic nitrogens is 3. The number of rotatable bonds is 3. The minimum absolute atomic E-state index is 0.157. The third-order valence-corrected chi connectivity index (χ3v) is 5.38. The summed E-state index contributed by atoms with van der Waals surface area (Å²) in [6.07, 6.45) is 7.36. The Labute approximate surface area is 157 Å². The minimum atomic E-state index is -0.537. The lowest BCUT2D eigenvalue weighted by atomic mass is 9.87. The van der Waals surface area contributed by atoms with Crippen LogP contribution in [-0.4, -0.2) is 26.9 Å². The molecular weight excluding hydrogens is 340 g/mol. The topological polar surface area (TPSA) is 72.1 Å². The lowest BCUT2D eigenvalue weighted by molar-refractivity contribution is -0.122. The smallest absolute Gasteiger partial charge is 0.237 e. The van der Waals surface area contributed by atoms with Gasteiger partial charge in [-0.15, -0.1) is 0 Å². The van der Waals surface area contributed by atoms with Crippen LogP contribution in [-0.2, 0) is 10.2 Å². The molecule has 1 fully saturated rings. The van der Waals surface area contributed by atoms with Crippen LogP contribution >= 0.6 is 0 Å². The molecule has 2 aliphatic rings. The van der Waals surface area contributed by atoms with E-state index in [1.54, 1.807) is 12.4 Å². The fourth-order valence-electron chi connectivity index (χ4n) is 3.69. The highest BCUT2D eigenvalue weighted by atomic mass is 16.4. The van der Waals surface area contributed by atoms with E-state index in [9.17, 15) is 4.79 Å². The van der Waals surface area contributed by atoms with Gasteiger partial charge in [-0.05, 0) is 51.8 Å². The molecule has 0 aromatic carbocycles. The maximum Gasteiger partial charge on any atom is 0.237 e. The average Bonchev–Trinajstić information content (AvgIpc) is 3.31. The van der Waals surface area contributed by atoms with Gasteiger partial charge < -0.3 is 9.32 Å². The second-order valence-electron chi connectivity index (χ2n) is 7.83.